The van der Waals surface area contributed by atoms with E-state index in [1.54, 1.807) is 6.20 Å². The van der Waals surface area contributed by atoms with E-state index in [9.17, 15) is 14.7 Å². The number of carbonyl (C=O) groups excluding carboxylic acids is 2. The number of aliphatic hydroxyl groups is 1. The van der Waals surface area contributed by atoms with Crippen molar-refractivity contribution < 1.29 is 14.7 Å². The average molecular weight is 360 g/mol. The van der Waals surface area contributed by atoms with E-state index in [1.165, 1.54) is 0 Å². The number of nitrogens with one attached hydrogen (secondary N) is 1. The fourth-order valence-electron chi connectivity index (χ4n) is 3.71. The lowest BCUT2D eigenvalue weighted by molar-refractivity contribution is -0.128. The maximum absolute atomic E-state index is 12.1. The van der Waals surface area contributed by atoms with E-state index < -0.39 is 6.10 Å². The molecule has 1 aromatic rings. The SMILES string of the molecule is O=C(CCCN1CCCC1=O)N[C@@H]1CCN(Cc2cccnc2)C[C@H]1O. The molecule has 0 unspecified atom stereocenters. The van der Waals surface area contributed by atoms with Crippen LogP contribution in [0.25, 0.3) is 0 Å². The number of nitrogens with zero attached hydrogens (tertiary/aromatic N) is 3. The van der Waals surface area contributed by atoms with E-state index in [4.69, 9.17) is 0 Å². The summed E-state index contributed by atoms with van der Waals surface area (Å²) >= 11 is 0. The van der Waals surface area contributed by atoms with Crippen LogP contribution in [0.4, 0.5) is 0 Å². The minimum absolute atomic E-state index is 0.0404. The Hall–Kier alpha value is -1.99. The Morgan fingerprint density at radius 2 is 2.27 bits per heavy atom. The van der Waals surface area contributed by atoms with Gasteiger partial charge in [-0.15, -0.1) is 0 Å². The molecule has 0 aliphatic carbocycles. The van der Waals surface area contributed by atoms with Crippen molar-refractivity contribution in [3.8, 4) is 0 Å². The third-order valence-electron chi connectivity index (χ3n) is 5.14. The smallest absolute Gasteiger partial charge is 0.222 e. The van der Waals surface area contributed by atoms with Gasteiger partial charge in [0.1, 0.15) is 0 Å². The summed E-state index contributed by atoms with van der Waals surface area (Å²) in [6.07, 6.45) is 6.39. The summed E-state index contributed by atoms with van der Waals surface area (Å²) in [6.45, 7) is 3.60. The second kappa shape index (κ2) is 9.09. The number of aliphatic hydroxyl groups excluding tert-OH is 1. The lowest BCUT2D eigenvalue weighted by Crippen LogP contribution is -2.53. The molecule has 3 heterocycles. The van der Waals surface area contributed by atoms with Gasteiger partial charge in [-0.2, -0.15) is 0 Å². The highest BCUT2D eigenvalue weighted by Gasteiger charge is 2.28. The molecule has 142 valence electrons. The zero-order valence-electron chi connectivity index (χ0n) is 15.1. The molecule has 0 spiro atoms. The van der Waals surface area contributed by atoms with Gasteiger partial charge in [-0.05, 0) is 30.9 Å². The van der Waals surface area contributed by atoms with Crippen LogP contribution >= 0.6 is 0 Å². The molecular formula is C19H28N4O3. The van der Waals surface area contributed by atoms with Crippen LogP contribution in [0.15, 0.2) is 24.5 Å². The molecule has 7 heteroatoms. The van der Waals surface area contributed by atoms with Crippen LogP contribution in [0.3, 0.4) is 0 Å². The summed E-state index contributed by atoms with van der Waals surface area (Å²) in [6, 6.07) is 3.74. The topological polar surface area (TPSA) is 85.8 Å². The van der Waals surface area contributed by atoms with Gasteiger partial charge < -0.3 is 15.3 Å². The predicted octanol–water partition coefficient (Wildman–Crippen LogP) is 0.536. The largest absolute Gasteiger partial charge is 0.390 e. The minimum Gasteiger partial charge on any atom is -0.390 e. The number of hydrogen-bond acceptors (Lipinski definition) is 5. The Balaban J connectivity index is 1.36. The standard InChI is InChI=1S/C19H28N4O3/c24-17-14-22(13-15-4-1-8-20-12-15)11-7-16(17)21-18(25)5-2-9-23-10-3-6-19(23)26/h1,4,8,12,16-17,24H,2-3,5-7,9-11,13-14H2,(H,21,25)/t16-,17-/m1/s1. The molecule has 2 saturated heterocycles. The first-order valence-corrected chi connectivity index (χ1v) is 9.48. The minimum atomic E-state index is -0.565. The van der Waals surface area contributed by atoms with Gasteiger partial charge in [0, 0.05) is 58.0 Å². The number of pyridine rings is 1. The fourth-order valence-corrected chi connectivity index (χ4v) is 3.71. The van der Waals surface area contributed by atoms with Crippen LogP contribution in [0.1, 0.15) is 37.7 Å². The molecule has 2 N–H and O–H groups in total. The Labute approximate surface area is 154 Å². The van der Waals surface area contributed by atoms with Crippen LogP contribution in [-0.2, 0) is 16.1 Å². The van der Waals surface area contributed by atoms with Crippen molar-refractivity contribution in [3.63, 3.8) is 0 Å². The number of β-amino-alcohol motifs (C(OH)–C–C–N with tert-alkyl or cyclic N) is 1. The van der Waals surface area contributed by atoms with Crippen molar-refractivity contribution in [3.05, 3.63) is 30.1 Å². The second-order valence-electron chi connectivity index (χ2n) is 7.21. The maximum Gasteiger partial charge on any atom is 0.222 e. The Bertz CT molecular complexity index is 610. The highest BCUT2D eigenvalue weighted by atomic mass is 16.3. The molecule has 2 aliphatic heterocycles. The monoisotopic (exact) mass is 360 g/mol. The van der Waals surface area contributed by atoms with Gasteiger partial charge in [-0.3, -0.25) is 19.5 Å². The molecule has 0 bridgehead atoms. The number of piperidine rings is 1. The number of hydrogen-bond donors (Lipinski definition) is 2. The third-order valence-corrected chi connectivity index (χ3v) is 5.14. The maximum atomic E-state index is 12.1. The molecule has 2 fully saturated rings. The van der Waals surface area contributed by atoms with Crippen LogP contribution in [0.5, 0.6) is 0 Å². The van der Waals surface area contributed by atoms with E-state index in [1.807, 2.05) is 23.2 Å². The van der Waals surface area contributed by atoms with E-state index in [-0.39, 0.29) is 17.9 Å². The average Bonchev–Trinajstić information content (AvgIpc) is 3.03. The highest BCUT2D eigenvalue weighted by Crippen LogP contribution is 2.15. The number of amides is 2. The van der Waals surface area contributed by atoms with E-state index >= 15 is 0 Å². The van der Waals surface area contributed by atoms with Gasteiger partial charge in [-0.1, -0.05) is 6.07 Å². The summed E-state index contributed by atoms with van der Waals surface area (Å²) in [4.78, 5) is 31.8. The molecule has 2 amide bonds. The third kappa shape index (κ3) is 5.25. The van der Waals surface area contributed by atoms with Gasteiger partial charge >= 0.3 is 0 Å². The number of carbonyl (C=O) groups is 2. The first-order valence-electron chi connectivity index (χ1n) is 9.48. The first kappa shape index (κ1) is 18.8. The van der Waals surface area contributed by atoms with Crippen molar-refractivity contribution >= 4 is 11.8 Å². The van der Waals surface area contributed by atoms with Crippen LogP contribution in [-0.4, -0.2) is 70.0 Å². The van der Waals surface area contributed by atoms with Crippen LogP contribution in [0.2, 0.25) is 0 Å². The van der Waals surface area contributed by atoms with Crippen molar-refractivity contribution in [1.29, 1.82) is 0 Å². The Morgan fingerprint density at radius 3 is 2.96 bits per heavy atom. The van der Waals surface area contributed by atoms with Gasteiger partial charge in [0.05, 0.1) is 12.1 Å². The lowest BCUT2D eigenvalue weighted by Gasteiger charge is -2.36. The first-order chi connectivity index (χ1) is 12.6. The summed E-state index contributed by atoms with van der Waals surface area (Å²) in [7, 11) is 0. The summed E-state index contributed by atoms with van der Waals surface area (Å²) in [5.41, 5.74) is 1.12. The summed E-state index contributed by atoms with van der Waals surface area (Å²) < 4.78 is 0. The molecule has 0 radical (unpaired) electrons. The van der Waals surface area contributed by atoms with Crippen LogP contribution < -0.4 is 5.32 Å². The summed E-state index contributed by atoms with van der Waals surface area (Å²) in [5, 5.41) is 13.3. The van der Waals surface area contributed by atoms with Gasteiger partial charge in [0.15, 0.2) is 0 Å². The number of rotatable bonds is 7. The van der Waals surface area contributed by atoms with Crippen molar-refractivity contribution in [2.75, 3.05) is 26.2 Å². The second-order valence-corrected chi connectivity index (χ2v) is 7.21. The van der Waals surface area contributed by atoms with Crippen molar-refractivity contribution in [2.45, 2.75) is 50.8 Å². The molecule has 3 rings (SSSR count). The van der Waals surface area contributed by atoms with E-state index in [2.05, 4.69) is 15.2 Å². The fraction of sp³-hybridized carbons (Fsp3) is 0.632. The van der Waals surface area contributed by atoms with Crippen molar-refractivity contribution in [1.82, 2.24) is 20.1 Å². The molecular weight excluding hydrogens is 332 g/mol. The molecule has 1 aromatic heterocycles. The molecule has 0 aromatic carbocycles. The molecule has 7 nitrogen and oxygen atoms in total. The highest BCUT2D eigenvalue weighted by molar-refractivity contribution is 5.78. The van der Waals surface area contributed by atoms with Gasteiger partial charge in [0.2, 0.25) is 11.8 Å². The number of aromatic nitrogens is 1. The lowest BCUT2D eigenvalue weighted by atomic mass is 10.0. The normalized spacial score (nSPS) is 24.0. The molecule has 2 atom stereocenters. The summed E-state index contributed by atoms with van der Waals surface area (Å²) in [5.74, 6) is 0.156. The molecule has 0 saturated carbocycles. The predicted molar refractivity (Wildman–Crippen MR) is 97.1 cm³/mol. The van der Waals surface area contributed by atoms with Gasteiger partial charge in [-0.25, -0.2) is 0 Å². The zero-order chi connectivity index (χ0) is 18.4. The Morgan fingerprint density at radius 1 is 1.38 bits per heavy atom. The quantitative estimate of drug-likeness (QED) is 0.741. The van der Waals surface area contributed by atoms with E-state index in [0.717, 1.165) is 38.0 Å². The van der Waals surface area contributed by atoms with Gasteiger partial charge in [0.25, 0.3) is 0 Å². The molecule has 2 aliphatic rings. The molecule has 26 heavy (non-hydrogen) atoms. The Kier molecular flexibility index (Phi) is 6.57. The zero-order valence-corrected chi connectivity index (χ0v) is 15.1. The van der Waals surface area contributed by atoms with Crippen LogP contribution in [0, 0.1) is 0 Å². The van der Waals surface area contributed by atoms with Crippen molar-refractivity contribution in [2.24, 2.45) is 0 Å². The van der Waals surface area contributed by atoms with E-state index in [0.29, 0.717) is 32.4 Å². The number of likely N-dealkylation sites (tertiary alicyclic amines) is 2.